The summed E-state index contributed by atoms with van der Waals surface area (Å²) in [4.78, 5) is 0. The fraction of sp³-hybridized carbons (Fsp3) is 0.571. The molecule has 0 heterocycles. The van der Waals surface area contributed by atoms with E-state index in [1.807, 2.05) is 0 Å². The maximum Gasteiger partial charge on any atom is 0.0493 e. The average molecular weight is 251 g/mol. The maximum atomic E-state index is 2.52. The molecular weight excluding hydrogens is 224 g/mol. The van der Waals surface area contributed by atoms with E-state index in [0.29, 0.717) is 0 Å². The van der Waals surface area contributed by atoms with Crippen molar-refractivity contribution in [1.29, 1.82) is 0 Å². The third kappa shape index (κ3) is 3.08. The van der Waals surface area contributed by atoms with Gasteiger partial charge in [0.1, 0.15) is 0 Å². The highest BCUT2D eigenvalue weighted by molar-refractivity contribution is 6.96. The van der Waals surface area contributed by atoms with Crippen molar-refractivity contribution >= 4 is 16.1 Å². The Balaban J connectivity index is 3.29. The van der Waals surface area contributed by atoms with E-state index in [1.54, 1.807) is 5.56 Å². The van der Waals surface area contributed by atoms with E-state index in [9.17, 15) is 0 Å². The van der Waals surface area contributed by atoms with Gasteiger partial charge >= 0.3 is 0 Å². The van der Waals surface area contributed by atoms with E-state index in [0.717, 1.165) is 5.16 Å². The molecule has 0 fully saturated rings. The summed E-state index contributed by atoms with van der Waals surface area (Å²) in [6.07, 6.45) is 0. The molecule has 0 amide bonds. The molecule has 0 aromatic heterocycles. The van der Waals surface area contributed by atoms with Crippen molar-refractivity contribution in [1.82, 2.24) is 0 Å². The van der Waals surface area contributed by atoms with Crippen LogP contribution in [0.5, 0.6) is 0 Å². The molecule has 16 heavy (non-hydrogen) atoms. The predicted octanol–water partition coefficient (Wildman–Crippen LogP) is 4.83. The summed E-state index contributed by atoms with van der Waals surface area (Å²) in [6.45, 7) is 17.4. The van der Waals surface area contributed by atoms with Gasteiger partial charge in [-0.05, 0) is 23.2 Å². The summed E-state index contributed by atoms with van der Waals surface area (Å²) < 4.78 is 0. The van der Waals surface area contributed by atoms with Crippen molar-refractivity contribution in [3.05, 3.63) is 35.4 Å². The molecule has 0 aliphatic rings. The Hall–Kier alpha value is -0.346. The fourth-order valence-electron chi connectivity index (χ4n) is 3.14. The first-order chi connectivity index (χ1) is 7.14. The molecule has 0 nitrogen and oxygen atoms in total. The molecule has 1 aromatic rings. The zero-order valence-corrected chi connectivity index (χ0v) is 13.9. The molecule has 0 saturated carbocycles. The molecular formula is C14H26Si2. The lowest BCUT2D eigenvalue weighted by molar-refractivity contribution is 1.14. The summed E-state index contributed by atoms with van der Waals surface area (Å²) >= 11 is 0. The minimum Gasteiger partial charge on any atom is -0.0693 e. The van der Waals surface area contributed by atoms with Gasteiger partial charge in [-0.2, -0.15) is 0 Å². The molecule has 90 valence electrons. The highest BCUT2D eigenvalue weighted by Gasteiger charge is 2.38. The predicted molar refractivity (Wildman–Crippen MR) is 80.6 cm³/mol. The quantitative estimate of drug-likeness (QED) is 0.674. The van der Waals surface area contributed by atoms with Crippen molar-refractivity contribution < 1.29 is 0 Å². The highest BCUT2D eigenvalue weighted by atomic mass is 28.4. The van der Waals surface area contributed by atoms with E-state index >= 15 is 0 Å². The molecule has 0 radical (unpaired) electrons. The van der Waals surface area contributed by atoms with Crippen LogP contribution in [0.1, 0.15) is 16.3 Å². The highest BCUT2D eigenvalue weighted by Crippen LogP contribution is 2.36. The van der Waals surface area contributed by atoms with Crippen LogP contribution < -0.4 is 0 Å². The molecule has 0 unspecified atom stereocenters. The fourth-order valence-corrected chi connectivity index (χ4v) is 16.0. The Morgan fingerprint density at radius 2 is 1.25 bits per heavy atom. The second-order valence-electron chi connectivity index (χ2n) is 7.02. The lowest BCUT2D eigenvalue weighted by Crippen LogP contribution is -2.46. The second-order valence-corrected chi connectivity index (χ2v) is 18.2. The van der Waals surface area contributed by atoms with Crippen molar-refractivity contribution in [2.45, 2.75) is 51.4 Å². The van der Waals surface area contributed by atoms with Crippen molar-refractivity contribution in [3.8, 4) is 0 Å². The number of hydrogen-bond acceptors (Lipinski definition) is 0. The SMILES string of the molecule is Cc1ccccc1C([Si](C)(C)C)[Si](C)(C)C. The Morgan fingerprint density at radius 3 is 1.62 bits per heavy atom. The van der Waals surface area contributed by atoms with Gasteiger partial charge in [-0.3, -0.25) is 0 Å². The minimum absolute atomic E-state index is 0.862. The van der Waals surface area contributed by atoms with Crippen LogP contribution in [0.15, 0.2) is 24.3 Å². The maximum absolute atomic E-state index is 2.52. The molecule has 0 aliphatic carbocycles. The van der Waals surface area contributed by atoms with Gasteiger partial charge in [0.25, 0.3) is 0 Å². The van der Waals surface area contributed by atoms with Crippen LogP contribution in [0.2, 0.25) is 39.3 Å². The third-order valence-corrected chi connectivity index (χ3v) is 12.5. The summed E-state index contributed by atoms with van der Waals surface area (Å²) in [6, 6.07) is 8.99. The molecule has 1 aromatic carbocycles. The van der Waals surface area contributed by atoms with E-state index in [1.165, 1.54) is 5.56 Å². The Bertz CT molecular complexity index is 342. The summed E-state index contributed by atoms with van der Waals surface area (Å²) in [5.41, 5.74) is 3.11. The zero-order valence-electron chi connectivity index (χ0n) is 11.9. The number of benzene rings is 1. The molecule has 2 heteroatoms. The Morgan fingerprint density at radius 1 is 0.812 bits per heavy atom. The molecule has 0 saturated heterocycles. The lowest BCUT2D eigenvalue weighted by Gasteiger charge is -2.39. The van der Waals surface area contributed by atoms with Crippen LogP contribution in [0.4, 0.5) is 0 Å². The van der Waals surface area contributed by atoms with E-state index in [4.69, 9.17) is 0 Å². The number of hydrogen-bond donors (Lipinski definition) is 0. The van der Waals surface area contributed by atoms with Crippen LogP contribution in [0, 0.1) is 6.92 Å². The van der Waals surface area contributed by atoms with Crippen LogP contribution in [-0.4, -0.2) is 16.1 Å². The standard InChI is InChI=1S/C14H26Si2/c1-12-10-8-9-11-13(12)14(15(2,3)4)16(5,6)7/h8-11,14H,1-7H3. The van der Waals surface area contributed by atoms with Gasteiger partial charge in [0.2, 0.25) is 0 Å². The second kappa shape index (κ2) is 4.49. The van der Waals surface area contributed by atoms with Crippen LogP contribution >= 0.6 is 0 Å². The van der Waals surface area contributed by atoms with E-state index < -0.39 is 16.1 Å². The summed E-state index contributed by atoms with van der Waals surface area (Å²) in [5, 5.41) is 0.862. The van der Waals surface area contributed by atoms with Gasteiger partial charge in [0, 0.05) is 16.1 Å². The first kappa shape index (κ1) is 13.7. The van der Waals surface area contributed by atoms with Gasteiger partial charge in [0.05, 0.1) is 0 Å². The van der Waals surface area contributed by atoms with Crippen molar-refractivity contribution in [2.24, 2.45) is 0 Å². The van der Waals surface area contributed by atoms with Crippen molar-refractivity contribution in [2.75, 3.05) is 0 Å². The first-order valence-corrected chi connectivity index (χ1v) is 13.3. The van der Waals surface area contributed by atoms with Gasteiger partial charge in [0.15, 0.2) is 0 Å². The smallest absolute Gasteiger partial charge is 0.0493 e. The Labute approximate surface area is 103 Å². The van der Waals surface area contributed by atoms with Crippen LogP contribution in [-0.2, 0) is 0 Å². The van der Waals surface area contributed by atoms with E-state index in [-0.39, 0.29) is 0 Å². The molecule has 0 N–H and O–H groups in total. The molecule has 0 atom stereocenters. The van der Waals surface area contributed by atoms with Gasteiger partial charge < -0.3 is 0 Å². The zero-order chi connectivity index (χ0) is 12.6. The average Bonchev–Trinajstić information content (AvgIpc) is 2.03. The normalized spacial score (nSPS) is 13.2. The summed E-state index contributed by atoms with van der Waals surface area (Å²) in [7, 11) is -2.27. The first-order valence-electron chi connectivity index (χ1n) is 6.19. The molecule has 0 spiro atoms. The summed E-state index contributed by atoms with van der Waals surface area (Å²) in [5.74, 6) is 0. The van der Waals surface area contributed by atoms with Gasteiger partial charge in [-0.15, -0.1) is 0 Å². The van der Waals surface area contributed by atoms with Crippen LogP contribution in [0.25, 0.3) is 0 Å². The largest absolute Gasteiger partial charge is 0.0693 e. The molecule has 0 bridgehead atoms. The van der Waals surface area contributed by atoms with Crippen LogP contribution in [0.3, 0.4) is 0 Å². The topological polar surface area (TPSA) is 0 Å². The van der Waals surface area contributed by atoms with E-state index in [2.05, 4.69) is 70.5 Å². The third-order valence-electron chi connectivity index (χ3n) is 3.23. The van der Waals surface area contributed by atoms with Gasteiger partial charge in [-0.25, -0.2) is 0 Å². The molecule has 1 rings (SSSR count). The number of aryl methyl sites for hydroxylation is 1. The monoisotopic (exact) mass is 250 g/mol. The minimum atomic E-state index is -1.13. The Kier molecular flexibility index (Phi) is 3.85. The van der Waals surface area contributed by atoms with Gasteiger partial charge in [-0.1, -0.05) is 63.5 Å². The number of rotatable bonds is 3. The molecule has 0 aliphatic heterocycles. The lowest BCUT2D eigenvalue weighted by atomic mass is 10.1. The van der Waals surface area contributed by atoms with Crippen molar-refractivity contribution in [3.63, 3.8) is 0 Å².